The molecule has 0 bridgehead atoms. The fourth-order valence-electron chi connectivity index (χ4n) is 2.35. The molecular formula is C20H23BrFNO2. The molecule has 0 saturated carbocycles. The van der Waals surface area contributed by atoms with Crippen LogP contribution in [0.5, 0.6) is 5.75 Å². The van der Waals surface area contributed by atoms with Crippen LogP contribution < -0.4 is 10.1 Å². The third-order valence-corrected chi connectivity index (χ3v) is 4.52. The largest absolute Gasteiger partial charge is 0.483 e. The zero-order valence-electron chi connectivity index (χ0n) is 14.9. The molecule has 1 amide bonds. The first-order valence-corrected chi connectivity index (χ1v) is 8.94. The Balaban J connectivity index is 1.92. The minimum atomic E-state index is -0.297. The summed E-state index contributed by atoms with van der Waals surface area (Å²) in [6.45, 7) is 8.18. The van der Waals surface area contributed by atoms with Gasteiger partial charge in [-0.2, -0.15) is 0 Å². The Morgan fingerprint density at radius 3 is 2.40 bits per heavy atom. The van der Waals surface area contributed by atoms with Crippen LogP contribution in [0, 0.1) is 5.82 Å². The summed E-state index contributed by atoms with van der Waals surface area (Å²) >= 11 is 3.49. The van der Waals surface area contributed by atoms with Crippen LogP contribution in [0.25, 0.3) is 0 Å². The predicted molar refractivity (Wildman–Crippen MR) is 101 cm³/mol. The van der Waals surface area contributed by atoms with Crippen molar-refractivity contribution in [3.63, 3.8) is 0 Å². The van der Waals surface area contributed by atoms with Crippen LogP contribution in [0.2, 0.25) is 0 Å². The number of amides is 1. The van der Waals surface area contributed by atoms with Crippen molar-refractivity contribution in [2.45, 2.75) is 39.2 Å². The molecule has 1 atom stereocenters. The second-order valence-corrected chi connectivity index (χ2v) is 7.88. The molecule has 0 heterocycles. The summed E-state index contributed by atoms with van der Waals surface area (Å²) in [6.07, 6.45) is 0. The molecule has 0 aliphatic heterocycles. The Morgan fingerprint density at radius 2 is 1.84 bits per heavy atom. The summed E-state index contributed by atoms with van der Waals surface area (Å²) in [5.74, 6) is 0.0929. The number of hydrogen-bond acceptors (Lipinski definition) is 2. The minimum absolute atomic E-state index is 0.0447. The molecule has 2 aromatic carbocycles. The van der Waals surface area contributed by atoms with E-state index in [1.165, 1.54) is 17.7 Å². The molecule has 0 saturated heterocycles. The highest BCUT2D eigenvalue weighted by Crippen LogP contribution is 2.31. The minimum Gasteiger partial charge on any atom is -0.483 e. The summed E-state index contributed by atoms with van der Waals surface area (Å²) in [5, 5.41) is 2.84. The van der Waals surface area contributed by atoms with E-state index in [-0.39, 0.29) is 29.8 Å². The Hall–Kier alpha value is -1.88. The van der Waals surface area contributed by atoms with Crippen molar-refractivity contribution in [2.24, 2.45) is 0 Å². The summed E-state index contributed by atoms with van der Waals surface area (Å²) in [4.78, 5) is 12.1. The molecule has 2 rings (SSSR count). The highest BCUT2D eigenvalue weighted by atomic mass is 79.9. The van der Waals surface area contributed by atoms with E-state index in [1.54, 1.807) is 12.1 Å². The number of carbonyl (C=O) groups excluding carboxylic acids is 1. The van der Waals surface area contributed by atoms with Crippen LogP contribution in [-0.2, 0) is 10.2 Å². The second kappa shape index (κ2) is 8.00. The lowest BCUT2D eigenvalue weighted by molar-refractivity contribution is -0.123. The number of hydrogen-bond donors (Lipinski definition) is 1. The molecule has 134 valence electrons. The van der Waals surface area contributed by atoms with Gasteiger partial charge in [-0.25, -0.2) is 4.39 Å². The van der Waals surface area contributed by atoms with Gasteiger partial charge >= 0.3 is 0 Å². The van der Waals surface area contributed by atoms with Crippen molar-refractivity contribution in [1.82, 2.24) is 5.32 Å². The van der Waals surface area contributed by atoms with Crippen molar-refractivity contribution in [3.05, 3.63) is 63.9 Å². The van der Waals surface area contributed by atoms with Crippen LogP contribution in [0.1, 0.15) is 44.9 Å². The van der Waals surface area contributed by atoms with E-state index in [0.717, 1.165) is 10.0 Å². The van der Waals surface area contributed by atoms with Gasteiger partial charge in [-0.1, -0.05) is 39.0 Å². The molecular weight excluding hydrogens is 385 g/mol. The van der Waals surface area contributed by atoms with Crippen LogP contribution in [0.15, 0.2) is 46.9 Å². The molecule has 1 N–H and O–H groups in total. The van der Waals surface area contributed by atoms with Gasteiger partial charge in [-0.05, 0) is 63.7 Å². The number of halogens is 2. The smallest absolute Gasteiger partial charge is 0.258 e. The lowest BCUT2D eigenvalue weighted by Gasteiger charge is -2.20. The van der Waals surface area contributed by atoms with E-state index >= 15 is 0 Å². The highest BCUT2D eigenvalue weighted by Gasteiger charge is 2.16. The Morgan fingerprint density at radius 1 is 1.20 bits per heavy atom. The maximum atomic E-state index is 12.9. The third kappa shape index (κ3) is 5.56. The Kier molecular flexibility index (Phi) is 6.22. The monoisotopic (exact) mass is 407 g/mol. The molecule has 0 aromatic heterocycles. The SMILES string of the molecule is CC(NC(=O)COc1ccc(C(C)(C)C)cc1Br)c1ccc(F)cc1. The number of ether oxygens (including phenoxy) is 1. The van der Waals surface area contributed by atoms with Gasteiger partial charge in [0.15, 0.2) is 6.61 Å². The molecule has 3 nitrogen and oxygen atoms in total. The van der Waals surface area contributed by atoms with E-state index in [0.29, 0.717) is 5.75 Å². The average molecular weight is 408 g/mol. The van der Waals surface area contributed by atoms with Crippen LogP contribution in [0.3, 0.4) is 0 Å². The zero-order valence-corrected chi connectivity index (χ0v) is 16.5. The molecule has 0 fully saturated rings. The predicted octanol–water partition coefficient (Wildman–Crippen LogP) is 5.14. The summed E-state index contributed by atoms with van der Waals surface area (Å²) < 4.78 is 19.4. The normalized spacial score (nSPS) is 12.6. The van der Waals surface area contributed by atoms with Crippen molar-refractivity contribution in [3.8, 4) is 5.75 Å². The van der Waals surface area contributed by atoms with E-state index in [2.05, 4.69) is 42.0 Å². The standard InChI is InChI=1S/C20H23BrFNO2/c1-13(14-5-8-16(22)9-6-14)23-19(24)12-25-18-10-7-15(11-17(18)21)20(2,3)4/h5-11,13H,12H2,1-4H3,(H,23,24). The quantitative estimate of drug-likeness (QED) is 0.744. The van der Waals surface area contributed by atoms with E-state index in [4.69, 9.17) is 4.74 Å². The lowest BCUT2D eigenvalue weighted by atomic mass is 9.87. The van der Waals surface area contributed by atoms with E-state index in [9.17, 15) is 9.18 Å². The number of benzene rings is 2. The fraction of sp³-hybridized carbons (Fsp3) is 0.350. The van der Waals surface area contributed by atoms with Crippen molar-refractivity contribution in [1.29, 1.82) is 0 Å². The Bertz CT molecular complexity index is 738. The van der Waals surface area contributed by atoms with Crippen LogP contribution in [0.4, 0.5) is 4.39 Å². The van der Waals surface area contributed by atoms with Gasteiger partial charge in [0.05, 0.1) is 10.5 Å². The molecule has 0 aliphatic carbocycles. The van der Waals surface area contributed by atoms with Crippen molar-refractivity contribution in [2.75, 3.05) is 6.61 Å². The van der Waals surface area contributed by atoms with Gasteiger partial charge in [-0.3, -0.25) is 4.79 Å². The van der Waals surface area contributed by atoms with Crippen molar-refractivity contribution >= 4 is 21.8 Å². The third-order valence-electron chi connectivity index (χ3n) is 3.90. The molecule has 0 aliphatic rings. The second-order valence-electron chi connectivity index (χ2n) is 7.02. The molecule has 5 heteroatoms. The summed E-state index contributed by atoms with van der Waals surface area (Å²) in [7, 11) is 0. The molecule has 1 unspecified atom stereocenters. The van der Waals surface area contributed by atoms with Gasteiger partial charge in [0, 0.05) is 0 Å². The maximum absolute atomic E-state index is 12.9. The van der Waals surface area contributed by atoms with Crippen LogP contribution in [-0.4, -0.2) is 12.5 Å². The van der Waals surface area contributed by atoms with Gasteiger partial charge in [0.25, 0.3) is 5.91 Å². The lowest BCUT2D eigenvalue weighted by Crippen LogP contribution is -2.31. The molecule has 25 heavy (non-hydrogen) atoms. The summed E-state index contributed by atoms with van der Waals surface area (Å²) in [5.41, 5.74) is 2.06. The van der Waals surface area contributed by atoms with E-state index < -0.39 is 0 Å². The summed E-state index contributed by atoms with van der Waals surface area (Å²) in [6, 6.07) is 11.7. The van der Waals surface area contributed by atoms with E-state index in [1.807, 2.05) is 25.1 Å². The number of rotatable bonds is 5. The first-order chi connectivity index (χ1) is 11.7. The number of carbonyl (C=O) groups is 1. The first-order valence-electron chi connectivity index (χ1n) is 8.14. The maximum Gasteiger partial charge on any atom is 0.258 e. The van der Waals surface area contributed by atoms with Gasteiger partial charge in [0.1, 0.15) is 11.6 Å². The van der Waals surface area contributed by atoms with Gasteiger partial charge < -0.3 is 10.1 Å². The Labute approximate surface area is 156 Å². The van der Waals surface area contributed by atoms with Crippen LogP contribution >= 0.6 is 15.9 Å². The topological polar surface area (TPSA) is 38.3 Å². The average Bonchev–Trinajstić information content (AvgIpc) is 2.53. The molecule has 2 aromatic rings. The zero-order chi connectivity index (χ0) is 18.6. The van der Waals surface area contributed by atoms with Crippen molar-refractivity contribution < 1.29 is 13.9 Å². The van der Waals surface area contributed by atoms with Gasteiger partial charge in [-0.15, -0.1) is 0 Å². The number of nitrogens with one attached hydrogen (secondary N) is 1. The highest BCUT2D eigenvalue weighted by molar-refractivity contribution is 9.10. The fourth-order valence-corrected chi connectivity index (χ4v) is 2.84. The first kappa shape index (κ1) is 19.4. The van der Waals surface area contributed by atoms with Gasteiger partial charge in [0.2, 0.25) is 0 Å². The molecule has 0 radical (unpaired) electrons. The molecule has 0 spiro atoms.